The Hall–Kier alpha value is -0.570. The van der Waals surface area contributed by atoms with Gasteiger partial charge < -0.3 is 5.32 Å². The third kappa shape index (κ3) is 3.71. The highest BCUT2D eigenvalue weighted by Crippen LogP contribution is 2.31. The molecule has 1 aliphatic rings. The van der Waals surface area contributed by atoms with Gasteiger partial charge in [-0.3, -0.25) is 4.90 Å². The van der Waals surface area contributed by atoms with Crippen molar-refractivity contribution in [2.75, 3.05) is 26.7 Å². The van der Waals surface area contributed by atoms with E-state index >= 15 is 0 Å². The fourth-order valence-corrected chi connectivity index (χ4v) is 3.34. The van der Waals surface area contributed by atoms with Crippen LogP contribution >= 0.6 is 11.6 Å². The Morgan fingerprint density at radius 1 is 1.42 bits per heavy atom. The van der Waals surface area contributed by atoms with Gasteiger partial charge in [0.2, 0.25) is 0 Å². The van der Waals surface area contributed by atoms with Crippen LogP contribution in [0, 0.1) is 5.41 Å². The summed E-state index contributed by atoms with van der Waals surface area (Å²) in [4.78, 5) is 2.42. The van der Waals surface area contributed by atoms with Crippen LogP contribution in [0.15, 0.2) is 24.3 Å². The van der Waals surface area contributed by atoms with Gasteiger partial charge in [0.15, 0.2) is 0 Å². The van der Waals surface area contributed by atoms with Crippen LogP contribution < -0.4 is 5.32 Å². The highest BCUT2D eigenvalue weighted by atomic mass is 35.5. The molecule has 0 saturated carbocycles. The maximum absolute atomic E-state index is 6.30. The molecule has 1 aromatic rings. The molecule has 0 radical (unpaired) electrons. The van der Waals surface area contributed by atoms with E-state index in [0.29, 0.717) is 11.5 Å². The fourth-order valence-electron chi connectivity index (χ4n) is 3.04. The van der Waals surface area contributed by atoms with Crippen molar-refractivity contribution in [3.63, 3.8) is 0 Å². The zero-order chi connectivity index (χ0) is 13.9. The molecule has 0 aromatic heterocycles. The molecule has 1 fully saturated rings. The molecule has 19 heavy (non-hydrogen) atoms. The smallest absolute Gasteiger partial charge is 0.0453 e. The van der Waals surface area contributed by atoms with Crippen LogP contribution in [0.5, 0.6) is 0 Å². The average molecular weight is 281 g/mol. The fraction of sp³-hybridized carbons (Fsp3) is 0.625. The predicted molar refractivity (Wildman–Crippen MR) is 82.7 cm³/mol. The van der Waals surface area contributed by atoms with E-state index in [-0.39, 0.29) is 0 Å². The van der Waals surface area contributed by atoms with Crippen molar-refractivity contribution >= 4 is 11.6 Å². The molecule has 2 atom stereocenters. The Morgan fingerprint density at radius 2 is 2.16 bits per heavy atom. The van der Waals surface area contributed by atoms with Crippen LogP contribution in [0.4, 0.5) is 0 Å². The Balaban J connectivity index is 2.03. The van der Waals surface area contributed by atoms with Gasteiger partial charge in [-0.2, -0.15) is 0 Å². The molecule has 2 unspecified atom stereocenters. The van der Waals surface area contributed by atoms with Crippen LogP contribution in [0.3, 0.4) is 0 Å². The third-order valence-electron chi connectivity index (χ3n) is 4.33. The lowest BCUT2D eigenvalue weighted by molar-refractivity contribution is 0.127. The van der Waals surface area contributed by atoms with Gasteiger partial charge in [-0.15, -0.1) is 0 Å². The SMILES string of the molecule is CC(c1ccccc1Cl)N(C)CC1(C)CCCNC1. The summed E-state index contributed by atoms with van der Waals surface area (Å²) >= 11 is 6.30. The second-order valence-electron chi connectivity index (χ2n) is 6.20. The molecule has 0 amide bonds. The summed E-state index contributed by atoms with van der Waals surface area (Å²) in [6, 6.07) is 8.52. The van der Waals surface area contributed by atoms with Crippen molar-refractivity contribution in [1.29, 1.82) is 0 Å². The summed E-state index contributed by atoms with van der Waals surface area (Å²) in [6.07, 6.45) is 2.59. The lowest BCUT2D eigenvalue weighted by atomic mass is 9.82. The van der Waals surface area contributed by atoms with E-state index in [1.807, 2.05) is 12.1 Å². The van der Waals surface area contributed by atoms with E-state index in [4.69, 9.17) is 11.6 Å². The topological polar surface area (TPSA) is 15.3 Å². The Morgan fingerprint density at radius 3 is 2.79 bits per heavy atom. The van der Waals surface area contributed by atoms with Crippen LogP contribution in [-0.4, -0.2) is 31.6 Å². The highest BCUT2D eigenvalue weighted by molar-refractivity contribution is 6.31. The summed E-state index contributed by atoms with van der Waals surface area (Å²) in [7, 11) is 2.20. The van der Waals surface area contributed by atoms with E-state index in [1.165, 1.54) is 24.9 Å². The summed E-state index contributed by atoms with van der Waals surface area (Å²) in [6.45, 7) is 8.01. The van der Waals surface area contributed by atoms with E-state index in [9.17, 15) is 0 Å². The Labute approximate surface area is 122 Å². The number of nitrogens with one attached hydrogen (secondary N) is 1. The lowest BCUT2D eigenvalue weighted by Crippen LogP contribution is -2.45. The minimum atomic E-state index is 0.354. The second-order valence-corrected chi connectivity index (χ2v) is 6.61. The first kappa shape index (κ1) is 14.8. The molecule has 1 aromatic carbocycles. The quantitative estimate of drug-likeness (QED) is 0.904. The molecule has 2 nitrogen and oxygen atoms in total. The number of nitrogens with zero attached hydrogens (tertiary/aromatic N) is 1. The van der Waals surface area contributed by atoms with Gasteiger partial charge in [0, 0.05) is 24.2 Å². The summed E-state index contributed by atoms with van der Waals surface area (Å²) < 4.78 is 0. The number of hydrogen-bond donors (Lipinski definition) is 1. The maximum atomic E-state index is 6.30. The molecular weight excluding hydrogens is 256 g/mol. The molecule has 0 spiro atoms. The van der Waals surface area contributed by atoms with E-state index in [1.54, 1.807) is 0 Å². The van der Waals surface area contributed by atoms with Gasteiger partial charge in [0.1, 0.15) is 0 Å². The summed E-state index contributed by atoms with van der Waals surface area (Å²) in [5.41, 5.74) is 1.60. The van der Waals surface area contributed by atoms with Gasteiger partial charge in [0.25, 0.3) is 0 Å². The van der Waals surface area contributed by atoms with E-state index in [2.05, 4.69) is 43.2 Å². The summed E-state index contributed by atoms with van der Waals surface area (Å²) in [5, 5.41) is 4.39. The molecule has 106 valence electrons. The first-order valence-corrected chi connectivity index (χ1v) is 7.55. The number of rotatable bonds is 4. The van der Waals surface area contributed by atoms with Crippen LogP contribution in [-0.2, 0) is 0 Å². The van der Waals surface area contributed by atoms with E-state index in [0.717, 1.165) is 18.1 Å². The zero-order valence-corrected chi connectivity index (χ0v) is 13.0. The molecule has 1 N–H and O–H groups in total. The third-order valence-corrected chi connectivity index (χ3v) is 4.68. The number of benzene rings is 1. The molecule has 0 aliphatic carbocycles. The molecule has 3 heteroatoms. The molecule has 1 aliphatic heterocycles. The molecule has 0 bridgehead atoms. The monoisotopic (exact) mass is 280 g/mol. The van der Waals surface area contributed by atoms with Crippen LogP contribution in [0.1, 0.15) is 38.3 Å². The predicted octanol–water partition coefficient (Wildman–Crippen LogP) is 3.72. The van der Waals surface area contributed by atoms with Gasteiger partial charge in [-0.1, -0.05) is 36.7 Å². The second kappa shape index (κ2) is 6.25. The molecule has 1 heterocycles. The number of hydrogen-bond acceptors (Lipinski definition) is 2. The summed E-state index contributed by atoms with van der Waals surface area (Å²) in [5.74, 6) is 0. The van der Waals surface area contributed by atoms with Gasteiger partial charge >= 0.3 is 0 Å². The van der Waals surface area contributed by atoms with E-state index < -0.39 is 0 Å². The lowest BCUT2D eigenvalue weighted by Gasteiger charge is -2.39. The first-order valence-electron chi connectivity index (χ1n) is 7.17. The minimum Gasteiger partial charge on any atom is -0.316 e. The molecule has 1 saturated heterocycles. The van der Waals surface area contributed by atoms with Gasteiger partial charge in [-0.05, 0) is 50.4 Å². The average Bonchev–Trinajstić information content (AvgIpc) is 2.39. The van der Waals surface area contributed by atoms with Crippen LogP contribution in [0.25, 0.3) is 0 Å². The van der Waals surface area contributed by atoms with Crippen molar-refractivity contribution in [1.82, 2.24) is 10.2 Å². The van der Waals surface area contributed by atoms with Crippen molar-refractivity contribution < 1.29 is 0 Å². The van der Waals surface area contributed by atoms with Gasteiger partial charge in [-0.25, -0.2) is 0 Å². The normalized spacial score (nSPS) is 25.5. The largest absolute Gasteiger partial charge is 0.316 e. The Kier molecular flexibility index (Phi) is 4.88. The number of piperidine rings is 1. The van der Waals surface area contributed by atoms with Crippen molar-refractivity contribution in [2.45, 2.75) is 32.7 Å². The van der Waals surface area contributed by atoms with Gasteiger partial charge in [0.05, 0.1) is 0 Å². The minimum absolute atomic E-state index is 0.354. The van der Waals surface area contributed by atoms with Crippen molar-refractivity contribution in [3.05, 3.63) is 34.9 Å². The molecule has 2 rings (SSSR count). The highest BCUT2D eigenvalue weighted by Gasteiger charge is 2.29. The van der Waals surface area contributed by atoms with Crippen LogP contribution in [0.2, 0.25) is 5.02 Å². The Bertz CT molecular complexity index is 413. The zero-order valence-electron chi connectivity index (χ0n) is 12.2. The van der Waals surface area contributed by atoms with Crippen molar-refractivity contribution in [2.24, 2.45) is 5.41 Å². The van der Waals surface area contributed by atoms with Crippen molar-refractivity contribution in [3.8, 4) is 0 Å². The maximum Gasteiger partial charge on any atom is 0.0453 e. The standard InChI is InChI=1S/C16H25ClN2/c1-13(14-7-4-5-8-15(14)17)19(3)12-16(2)9-6-10-18-11-16/h4-5,7-8,13,18H,6,9-12H2,1-3H3. The number of halogens is 1. The molecular formula is C16H25ClN2. The first-order chi connectivity index (χ1) is 9.02.